The van der Waals surface area contributed by atoms with Crippen molar-refractivity contribution in [2.45, 2.75) is 31.0 Å². The van der Waals surface area contributed by atoms with Crippen molar-refractivity contribution in [2.24, 2.45) is 0 Å². The second kappa shape index (κ2) is 6.11. The maximum atomic E-state index is 12.6. The third kappa shape index (κ3) is 3.29. The van der Waals surface area contributed by atoms with Crippen LogP contribution in [0.5, 0.6) is 5.75 Å². The molecule has 2 aliphatic rings. The summed E-state index contributed by atoms with van der Waals surface area (Å²) in [4.78, 5) is 14.3. The van der Waals surface area contributed by atoms with Gasteiger partial charge in [-0.25, -0.2) is 4.79 Å². The van der Waals surface area contributed by atoms with Crippen LogP contribution in [-0.4, -0.2) is 34.8 Å². The third-order valence-corrected chi connectivity index (χ3v) is 5.07. The summed E-state index contributed by atoms with van der Waals surface area (Å²) in [5.74, 6) is 0.774. The number of methoxy groups -OCH3 is 1. The maximum absolute atomic E-state index is 12.6. The lowest BCUT2D eigenvalue weighted by Crippen LogP contribution is -2.43. The molecule has 1 N–H and O–H groups in total. The number of aromatic nitrogens is 2. The van der Waals surface area contributed by atoms with Crippen LogP contribution in [0.4, 0.5) is 23.8 Å². The number of fused-ring (bicyclic) bond motifs is 2. The molecule has 0 unspecified atom stereocenters. The van der Waals surface area contributed by atoms with Gasteiger partial charge in [-0.15, -0.1) is 10.2 Å². The molecule has 1 aliphatic carbocycles. The summed E-state index contributed by atoms with van der Waals surface area (Å²) in [5.41, 5.74) is 1.09. The summed E-state index contributed by atoms with van der Waals surface area (Å²) in [6.07, 6.45) is -2.60. The minimum atomic E-state index is -4.56. The number of alkyl halides is 3. The first-order valence-corrected chi connectivity index (χ1v) is 8.45. The topological polar surface area (TPSA) is 67.3 Å². The van der Waals surface area contributed by atoms with Gasteiger partial charge in [0, 0.05) is 18.5 Å². The number of hydrogen-bond acceptors (Lipinski definition) is 4. The number of halogens is 3. The Morgan fingerprint density at radius 3 is 2.59 bits per heavy atom. The molecular weight excluding hydrogens is 361 g/mol. The van der Waals surface area contributed by atoms with Crippen LogP contribution in [0.15, 0.2) is 30.3 Å². The van der Waals surface area contributed by atoms with E-state index < -0.39 is 17.9 Å². The van der Waals surface area contributed by atoms with Crippen LogP contribution in [0.2, 0.25) is 0 Å². The van der Waals surface area contributed by atoms with Gasteiger partial charge in [-0.05, 0) is 48.2 Å². The predicted octanol–water partition coefficient (Wildman–Crippen LogP) is 3.58. The molecule has 0 radical (unpaired) electrons. The van der Waals surface area contributed by atoms with E-state index >= 15 is 0 Å². The molecule has 2 heterocycles. The summed E-state index contributed by atoms with van der Waals surface area (Å²) in [6, 6.07) is 7.32. The van der Waals surface area contributed by atoms with Gasteiger partial charge >= 0.3 is 12.2 Å². The zero-order valence-electron chi connectivity index (χ0n) is 14.5. The Hall–Kier alpha value is -2.84. The minimum absolute atomic E-state index is 0.0154. The Balaban J connectivity index is 1.50. The molecule has 4 rings (SSSR count). The SMILES string of the molecule is COc1ccc2c(c1)C1(CC1)CN(C(=O)Nc1ccc(C(F)(F)F)nn1)C2. The fourth-order valence-corrected chi connectivity index (χ4v) is 3.49. The van der Waals surface area contributed by atoms with Crippen LogP contribution in [0.1, 0.15) is 29.7 Å². The number of carbonyl (C=O) groups is 1. The highest BCUT2D eigenvalue weighted by atomic mass is 19.4. The molecule has 9 heteroatoms. The first-order valence-electron chi connectivity index (χ1n) is 8.45. The van der Waals surface area contributed by atoms with Crippen molar-refractivity contribution in [1.82, 2.24) is 15.1 Å². The number of rotatable bonds is 2. The number of nitrogens with zero attached hydrogens (tertiary/aromatic N) is 3. The first-order chi connectivity index (χ1) is 12.8. The number of ether oxygens (including phenoxy) is 1. The van der Waals surface area contributed by atoms with Gasteiger partial charge in [0.2, 0.25) is 0 Å². The molecule has 1 aliphatic heterocycles. The molecule has 0 saturated heterocycles. The zero-order chi connectivity index (χ0) is 19.2. The molecule has 0 atom stereocenters. The van der Waals surface area contributed by atoms with Crippen LogP contribution in [0.25, 0.3) is 0 Å². The van der Waals surface area contributed by atoms with Crippen molar-refractivity contribution in [3.63, 3.8) is 0 Å². The summed E-state index contributed by atoms with van der Waals surface area (Å²) in [7, 11) is 1.62. The highest BCUT2D eigenvalue weighted by Gasteiger charge is 2.50. The quantitative estimate of drug-likeness (QED) is 0.867. The van der Waals surface area contributed by atoms with Gasteiger partial charge < -0.3 is 9.64 Å². The van der Waals surface area contributed by atoms with Crippen LogP contribution in [0, 0.1) is 0 Å². The van der Waals surface area contributed by atoms with E-state index in [1.54, 1.807) is 12.0 Å². The van der Waals surface area contributed by atoms with E-state index in [9.17, 15) is 18.0 Å². The van der Waals surface area contributed by atoms with Crippen molar-refractivity contribution in [3.05, 3.63) is 47.2 Å². The summed E-state index contributed by atoms with van der Waals surface area (Å²) < 4.78 is 43.0. The van der Waals surface area contributed by atoms with Gasteiger partial charge in [0.1, 0.15) is 5.75 Å². The highest BCUT2D eigenvalue weighted by molar-refractivity contribution is 5.88. The number of anilines is 1. The molecule has 142 valence electrons. The Morgan fingerprint density at radius 1 is 1.22 bits per heavy atom. The number of urea groups is 1. The van der Waals surface area contributed by atoms with Crippen LogP contribution < -0.4 is 10.1 Å². The number of carbonyl (C=O) groups excluding carboxylic acids is 1. The molecule has 27 heavy (non-hydrogen) atoms. The summed E-state index contributed by atoms with van der Waals surface area (Å²) >= 11 is 0. The number of amides is 2. The second-order valence-corrected chi connectivity index (χ2v) is 6.89. The second-order valence-electron chi connectivity index (χ2n) is 6.89. The zero-order valence-corrected chi connectivity index (χ0v) is 14.5. The van der Waals surface area contributed by atoms with Crippen LogP contribution >= 0.6 is 0 Å². The molecule has 6 nitrogen and oxygen atoms in total. The Bertz CT molecular complexity index is 879. The maximum Gasteiger partial charge on any atom is 0.435 e. The predicted molar refractivity (Wildman–Crippen MR) is 90.4 cm³/mol. The Labute approximate surface area is 153 Å². The standard InChI is InChI=1S/C18H17F3N4O2/c1-27-12-3-2-11-9-25(10-17(6-7-17)13(11)8-12)16(26)22-15-5-4-14(23-24-15)18(19,20)21/h2-5,8H,6-7,9-10H2,1H3,(H,22,24,26). The highest BCUT2D eigenvalue weighted by Crippen LogP contribution is 2.53. The van der Waals surface area contributed by atoms with E-state index in [2.05, 4.69) is 15.5 Å². The Morgan fingerprint density at radius 2 is 2.00 bits per heavy atom. The van der Waals surface area contributed by atoms with E-state index in [0.29, 0.717) is 13.1 Å². The van der Waals surface area contributed by atoms with Crippen molar-refractivity contribution in [1.29, 1.82) is 0 Å². The summed E-state index contributed by atoms with van der Waals surface area (Å²) in [5, 5.41) is 9.11. The molecule has 0 bridgehead atoms. The third-order valence-electron chi connectivity index (χ3n) is 5.07. The molecule has 1 fully saturated rings. The molecule has 1 aromatic carbocycles. The van der Waals surface area contributed by atoms with Gasteiger partial charge in [-0.2, -0.15) is 13.2 Å². The monoisotopic (exact) mass is 378 g/mol. The fraction of sp³-hybridized carbons (Fsp3) is 0.389. The normalized spacial score (nSPS) is 17.4. The van der Waals surface area contributed by atoms with E-state index in [-0.39, 0.29) is 11.2 Å². The van der Waals surface area contributed by atoms with Crippen LogP contribution in [0.3, 0.4) is 0 Å². The van der Waals surface area contributed by atoms with E-state index in [4.69, 9.17) is 4.74 Å². The van der Waals surface area contributed by atoms with E-state index in [0.717, 1.165) is 36.3 Å². The van der Waals surface area contributed by atoms with Gasteiger partial charge in [0.25, 0.3) is 0 Å². The van der Waals surface area contributed by atoms with E-state index in [1.165, 1.54) is 5.56 Å². The van der Waals surface area contributed by atoms with Crippen molar-refractivity contribution < 1.29 is 22.7 Å². The lowest BCUT2D eigenvalue weighted by Gasteiger charge is -2.35. The Kier molecular flexibility index (Phi) is 3.97. The summed E-state index contributed by atoms with van der Waals surface area (Å²) in [6.45, 7) is 0.966. The average Bonchev–Trinajstić information content (AvgIpc) is 3.41. The van der Waals surface area contributed by atoms with Gasteiger partial charge in [-0.3, -0.25) is 5.32 Å². The number of nitrogens with one attached hydrogen (secondary N) is 1. The lowest BCUT2D eigenvalue weighted by atomic mass is 9.87. The molecule has 1 spiro atoms. The minimum Gasteiger partial charge on any atom is -0.497 e. The molecule has 2 aromatic rings. The molecular formula is C18H17F3N4O2. The lowest BCUT2D eigenvalue weighted by molar-refractivity contribution is -0.141. The average molecular weight is 378 g/mol. The number of benzene rings is 1. The van der Waals surface area contributed by atoms with E-state index in [1.807, 2.05) is 18.2 Å². The smallest absolute Gasteiger partial charge is 0.435 e. The van der Waals surface area contributed by atoms with Gasteiger partial charge in [0.15, 0.2) is 11.5 Å². The van der Waals surface area contributed by atoms with Crippen molar-refractivity contribution >= 4 is 11.8 Å². The number of hydrogen-bond donors (Lipinski definition) is 1. The van der Waals surface area contributed by atoms with Crippen molar-refractivity contribution in [2.75, 3.05) is 19.0 Å². The largest absolute Gasteiger partial charge is 0.497 e. The fourth-order valence-electron chi connectivity index (χ4n) is 3.49. The molecule has 2 amide bonds. The molecule has 1 saturated carbocycles. The first kappa shape index (κ1) is 17.6. The van der Waals surface area contributed by atoms with Gasteiger partial charge in [0.05, 0.1) is 7.11 Å². The molecule has 1 aromatic heterocycles. The van der Waals surface area contributed by atoms with Crippen molar-refractivity contribution in [3.8, 4) is 5.75 Å². The van der Waals surface area contributed by atoms with Gasteiger partial charge in [-0.1, -0.05) is 6.07 Å². The van der Waals surface area contributed by atoms with Crippen LogP contribution in [-0.2, 0) is 18.1 Å².